The largest absolute Gasteiger partial charge is 0.271 e. The van der Waals surface area contributed by atoms with Gasteiger partial charge in [0.2, 0.25) is 0 Å². The molecule has 0 fully saturated rings. The minimum atomic E-state index is -0.262. The Hall–Kier alpha value is -0.590. The van der Waals surface area contributed by atoms with Gasteiger partial charge in [-0.25, -0.2) is 5.43 Å². The quantitative estimate of drug-likeness (QED) is 0.645. The van der Waals surface area contributed by atoms with Crippen molar-refractivity contribution in [1.29, 1.82) is 0 Å². The van der Waals surface area contributed by atoms with Gasteiger partial charge in [-0.15, -0.1) is 0 Å². The molecule has 0 aliphatic carbocycles. The first kappa shape index (κ1) is 14.8. The summed E-state index contributed by atoms with van der Waals surface area (Å²) >= 11 is 15.7. The summed E-state index contributed by atoms with van der Waals surface area (Å²) in [6.07, 6.45) is 1.62. The molecule has 2 rings (SSSR count). The summed E-state index contributed by atoms with van der Waals surface area (Å²) < 4.78 is 2.68. The molecule has 1 aromatic carbocycles. The van der Waals surface area contributed by atoms with Crippen LogP contribution in [0, 0.1) is 0 Å². The van der Waals surface area contributed by atoms with Crippen LogP contribution in [-0.2, 0) is 6.54 Å². The Kier molecular flexibility index (Phi) is 4.86. The zero-order chi connectivity index (χ0) is 14.0. The summed E-state index contributed by atoms with van der Waals surface area (Å²) in [6.45, 7) is 2.71. The first-order chi connectivity index (χ1) is 9.08. The highest BCUT2D eigenvalue weighted by Gasteiger charge is 2.22. The number of benzene rings is 1. The summed E-state index contributed by atoms with van der Waals surface area (Å²) in [5.74, 6) is 5.69. The van der Waals surface area contributed by atoms with Crippen LogP contribution in [0.15, 0.2) is 28.9 Å². The maximum absolute atomic E-state index is 6.21. The molecule has 7 heteroatoms. The van der Waals surface area contributed by atoms with Gasteiger partial charge in [0.05, 0.1) is 23.0 Å². The summed E-state index contributed by atoms with van der Waals surface area (Å²) in [5, 5.41) is 5.45. The predicted octanol–water partition coefficient (Wildman–Crippen LogP) is 3.53. The zero-order valence-electron chi connectivity index (χ0n) is 10.2. The molecule has 19 heavy (non-hydrogen) atoms. The van der Waals surface area contributed by atoms with E-state index in [0.717, 1.165) is 15.7 Å². The van der Waals surface area contributed by atoms with Crippen LogP contribution < -0.4 is 11.3 Å². The molecule has 1 aromatic heterocycles. The lowest BCUT2D eigenvalue weighted by Gasteiger charge is -2.19. The monoisotopic (exact) mass is 362 g/mol. The number of halogens is 3. The van der Waals surface area contributed by atoms with Crippen molar-refractivity contribution in [2.24, 2.45) is 5.84 Å². The van der Waals surface area contributed by atoms with Crippen molar-refractivity contribution >= 4 is 39.1 Å². The number of hydrogen-bond donors (Lipinski definition) is 2. The second kappa shape index (κ2) is 6.24. The molecule has 0 aliphatic rings. The second-order valence-corrected chi connectivity index (χ2v) is 5.66. The fraction of sp³-hybridized carbons (Fsp3) is 0.250. The standard InChI is InChI=1S/C12H13BrCl2N4/c1-2-19-12(10(15)6-17-19)11(18-16)8-4-3-7(14)5-9(8)13/h3-6,11,18H,2,16H2,1H3. The highest BCUT2D eigenvalue weighted by Crippen LogP contribution is 2.33. The fourth-order valence-corrected chi connectivity index (χ4v) is 3.12. The molecule has 4 nitrogen and oxygen atoms in total. The number of nitrogens with one attached hydrogen (secondary N) is 1. The molecule has 0 radical (unpaired) electrons. The van der Waals surface area contributed by atoms with E-state index in [-0.39, 0.29) is 6.04 Å². The fourth-order valence-electron chi connectivity index (χ4n) is 1.96. The molecule has 0 bridgehead atoms. The third-order valence-electron chi connectivity index (χ3n) is 2.85. The number of rotatable bonds is 4. The number of aromatic nitrogens is 2. The lowest BCUT2D eigenvalue weighted by atomic mass is 10.0. The van der Waals surface area contributed by atoms with Crippen LogP contribution >= 0.6 is 39.1 Å². The Balaban J connectivity index is 2.52. The van der Waals surface area contributed by atoms with Crippen LogP contribution in [-0.4, -0.2) is 9.78 Å². The van der Waals surface area contributed by atoms with Gasteiger partial charge in [0, 0.05) is 16.0 Å². The van der Waals surface area contributed by atoms with Crippen molar-refractivity contribution < 1.29 is 0 Å². The lowest BCUT2D eigenvalue weighted by Crippen LogP contribution is -2.31. The lowest BCUT2D eigenvalue weighted by molar-refractivity contribution is 0.542. The Morgan fingerprint density at radius 1 is 1.47 bits per heavy atom. The number of aryl methyl sites for hydroxylation is 1. The van der Waals surface area contributed by atoms with E-state index in [1.54, 1.807) is 6.20 Å². The molecule has 0 spiro atoms. The van der Waals surface area contributed by atoms with Gasteiger partial charge in [-0.3, -0.25) is 10.5 Å². The number of hydrogen-bond acceptors (Lipinski definition) is 3. The number of nitrogens with zero attached hydrogens (tertiary/aromatic N) is 2. The third-order valence-corrected chi connectivity index (χ3v) is 4.06. The Bertz CT molecular complexity index is 585. The van der Waals surface area contributed by atoms with Gasteiger partial charge in [0.25, 0.3) is 0 Å². The van der Waals surface area contributed by atoms with Gasteiger partial charge in [-0.05, 0) is 24.6 Å². The normalized spacial score (nSPS) is 12.7. The van der Waals surface area contributed by atoms with Gasteiger partial charge in [-0.2, -0.15) is 5.10 Å². The van der Waals surface area contributed by atoms with Crippen molar-refractivity contribution in [3.8, 4) is 0 Å². The van der Waals surface area contributed by atoms with E-state index in [9.17, 15) is 0 Å². The van der Waals surface area contributed by atoms with E-state index in [2.05, 4.69) is 26.5 Å². The van der Waals surface area contributed by atoms with Crippen molar-refractivity contribution in [2.45, 2.75) is 19.5 Å². The van der Waals surface area contributed by atoms with Crippen LogP contribution in [0.1, 0.15) is 24.2 Å². The molecular formula is C12H13BrCl2N4. The number of nitrogens with two attached hydrogens (primary N) is 1. The maximum Gasteiger partial charge on any atom is 0.0904 e. The van der Waals surface area contributed by atoms with Gasteiger partial charge in [-0.1, -0.05) is 45.2 Å². The van der Waals surface area contributed by atoms with Crippen LogP contribution in [0.3, 0.4) is 0 Å². The van der Waals surface area contributed by atoms with Crippen LogP contribution in [0.25, 0.3) is 0 Å². The summed E-state index contributed by atoms with van der Waals surface area (Å²) in [7, 11) is 0. The van der Waals surface area contributed by atoms with E-state index in [1.165, 1.54) is 0 Å². The summed E-state index contributed by atoms with van der Waals surface area (Å²) in [4.78, 5) is 0. The molecule has 1 heterocycles. The number of hydrazine groups is 1. The Labute approximate surface area is 130 Å². The van der Waals surface area contributed by atoms with Crippen molar-refractivity contribution in [2.75, 3.05) is 0 Å². The highest BCUT2D eigenvalue weighted by atomic mass is 79.9. The maximum atomic E-state index is 6.21. The SMILES string of the molecule is CCn1ncc(Cl)c1C(NN)c1ccc(Cl)cc1Br. The second-order valence-electron chi connectivity index (χ2n) is 3.96. The average Bonchev–Trinajstić information content (AvgIpc) is 2.74. The van der Waals surface area contributed by atoms with Crippen molar-refractivity contribution in [3.63, 3.8) is 0 Å². The summed E-state index contributed by atoms with van der Waals surface area (Å²) in [6, 6.07) is 5.27. The van der Waals surface area contributed by atoms with E-state index in [1.807, 2.05) is 29.8 Å². The molecular weight excluding hydrogens is 351 g/mol. The molecule has 1 atom stereocenters. The Morgan fingerprint density at radius 2 is 2.21 bits per heavy atom. The van der Waals surface area contributed by atoms with Crippen molar-refractivity contribution in [1.82, 2.24) is 15.2 Å². The van der Waals surface area contributed by atoms with Gasteiger partial charge in [0.15, 0.2) is 0 Å². The first-order valence-corrected chi connectivity index (χ1v) is 7.25. The molecule has 3 N–H and O–H groups in total. The van der Waals surface area contributed by atoms with Gasteiger partial charge >= 0.3 is 0 Å². The highest BCUT2D eigenvalue weighted by molar-refractivity contribution is 9.10. The van der Waals surface area contributed by atoms with Crippen LogP contribution in [0.5, 0.6) is 0 Å². The topological polar surface area (TPSA) is 55.9 Å². The molecule has 1 unspecified atom stereocenters. The molecule has 0 saturated heterocycles. The summed E-state index contributed by atoms with van der Waals surface area (Å²) in [5.41, 5.74) is 4.55. The minimum Gasteiger partial charge on any atom is -0.271 e. The van der Waals surface area contributed by atoms with Gasteiger partial charge in [0.1, 0.15) is 0 Å². The van der Waals surface area contributed by atoms with Gasteiger partial charge < -0.3 is 0 Å². The van der Waals surface area contributed by atoms with E-state index in [0.29, 0.717) is 16.6 Å². The minimum absolute atomic E-state index is 0.262. The van der Waals surface area contributed by atoms with Crippen LogP contribution in [0.4, 0.5) is 0 Å². The molecule has 2 aromatic rings. The molecule has 0 saturated carbocycles. The smallest absolute Gasteiger partial charge is 0.0904 e. The van der Waals surface area contributed by atoms with E-state index < -0.39 is 0 Å². The zero-order valence-corrected chi connectivity index (χ0v) is 13.3. The molecule has 102 valence electrons. The Morgan fingerprint density at radius 3 is 2.79 bits per heavy atom. The average molecular weight is 364 g/mol. The molecule has 0 amide bonds. The predicted molar refractivity (Wildman–Crippen MR) is 81.2 cm³/mol. The van der Waals surface area contributed by atoms with Crippen LogP contribution in [0.2, 0.25) is 10.0 Å². The molecule has 0 aliphatic heterocycles. The van der Waals surface area contributed by atoms with E-state index >= 15 is 0 Å². The van der Waals surface area contributed by atoms with E-state index in [4.69, 9.17) is 29.0 Å². The first-order valence-electron chi connectivity index (χ1n) is 5.70. The van der Waals surface area contributed by atoms with Crippen molar-refractivity contribution in [3.05, 3.63) is 50.2 Å². The third kappa shape index (κ3) is 2.95.